The Morgan fingerprint density at radius 1 is 0.340 bits per heavy atom. The van der Waals surface area contributed by atoms with Crippen LogP contribution >= 0.6 is 7.14 Å². The minimum atomic E-state index is -3.36. The molecule has 0 unspecified atom stereocenters. The standard InChI is InChI=1S/C47H30NOP/c49-50(31-17-3-1-4-18-31,32-19-5-2-6-20-32)47-39-27-13-11-25-37(39)44(38-26-12-14-28-40(38)47)46-45-36-24-10-8-22-34(36)33-21-7-9-23-35(33)43(45)41-29-15-16-30-42(41)48-46/h1-30H. The van der Waals surface area contributed by atoms with Crippen molar-refractivity contribution in [1.29, 1.82) is 0 Å². The van der Waals surface area contributed by atoms with Crippen LogP contribution in [-0.2, 0) is 4.57 Å². The third kappa shape index (κ3) is 4.10. The van der Waals surface area contributed by atoms with Crippen LogP contribution in [0.25, 0.3) is 76.0 Å². The molecular weight excluding hydrogens is 625 g/mol. The number of rotatable bonds is 4. The molecule has 0 N–H and O–H groups in total. The number of hydrogen-bond donors (Lipinski definition) is 0. The maximum Gasteiger partial charge on any atom is 0.172 e. The Balaban J connectivity index is 1.46. The number of pyridine rings is 1. The molecule has 0 spiro atoms. The highest BCUT2D eigenvalue weighted by atomic mass is 31.2. The summed E-state index contributed by atoms with van der Waals surface area (Å²) in [4.78, 5) is 5.57. The van der Waals surface area contributed by atoms with Gasteiger partial charge < -0.3 is 4.57 Å². The lowest BCUT2D eigenvalue weighted by Gasteiger charge is -2.26. The highest BCUT2D eigenvalue weighted by Crippen LogP contribution is 2.51. The summed E-state index contributed by atoms with van der Waals surface area (Å²) in [5.41, 5.74) is 2.95. The van der Waals surface area contributed by atoms with Crippen LogP contribution in [0.2, 0.25) is 0 Å². The molecule has 10 rings (SSSR count). The Bertz CT molecular complexity index is 2910. The summed E-state index contributed by atoms with van der Waals surface area (Å²) in [7, 11) is -3.36. The normalized spacial score (nSPS) is 12.1. The largest absolute Gasteiger partial charge is 0.309 e. The highest BCUT2D eigenvalue weighted by molar-refractivity contribution is 7.86. The molecule has 1 heterocycles. The fourth-order valence-corrected chi connectivity index (χ4v) is 11.3. The molecule has 0 bridgehead atoms. The van der Waals surface area contributed by atoms with Gasteiger partial charge in [-0.05, 0) is 49.2 Å². The lowest BCUT2D eigenvalue weighted by molar-refractivity contribution is 0.593. The van der Waals surface area contributed by atoms with E-state index >= 15 is 4.57 Å². The van der Waals surface area contributed by atoms with Crippen molar-refractivity contribution >= 4 is 87.8 Å². The molecule has 3 heteroatoms. The van der Waals surface area contributed by atoms with Gasteiger partial charge in [0.1, 0.15) is 0 Å². The molecule has 0 saturated heterocycles. The van der Waals surface area contributed by atoms with E-state index in [1.807, 2.05) is 60.7 Å². The zero-order chi connectivity index (χ0) is 33.2. The van der Waals surface area contributed by atoms with E-state index in [2.05, 4.69) is 121 Å². The van der Waals surface area contributed by atoms with E-state index < -0.39 is 7.14 Å². The first-order valence-electron chi connectivity index (χ1n) is 17.0. The van der Waals surface area contributed by atoms with E-state index in [0.29, 0.717) is 0 Å². The molecule has 9 aromatic carbocycles. The molecule has 0 saturated carbocycles. The van der Waals surface area contributed by atoms with E-state index in [0.717, 1.165) is 65.0 Å². The van der Waals surface area contributed by atoms with E-state index in [1.54, 1.807) is 0 Å². The van der Waals surface area contributed by atoms with Crippen molar-refractivity contribution < 1.29 is 4.57 Å². The zero-order valence-corrected chi connectivity index (χ0v) is 28.0. The summed E-state index contributed by atoms with van der Waals surface area (Å²) in [6.45, 7) is 0. The fourth-order valence-electron chi connectivity index (χ4n) is 8.19. The number of aromatic nitrogens is 1. The molecule has 0 amide bonds. The quantitative estimate of drug-likeness (QED) is 0.107. The van der Waals surface area contributed by atoms with Crippen molar-refractivity contribution in [2.45, 2.75) is 0 Å². The van der Waals surface area contributed by atoms with E-state index in [4.69, 9.17) is 4.98 Å². The van der Waals surface area contributed by atoms with E-state index in [1.165, 1.54) is 26.9 Å². The van der Waals surface area contributed by atoms with Gasteiger partial charge in [0, 0.05) is 37.6 Å². The SMILES string of the molecule is O=P(c1ccccc1)(c1ccccc1)c1c2ccccc2c(-c2nc3ccccc3c3c4ccccc4c4ccccc4c23)c2ccccc12. The summed E-state index contributed by atoms with van der Waals surface area (Å²) >= 11 is 0. The van der Waals surface area contributed by atoms with Gasteiger partial charge in [-0.15, -0.1) is 0 Å². The van der Waals surface area contributed by atoms with Crippen molar-refractivity contribution in [3.8, 4) is 11.3 Å². The highest BCUT2D eigenvalue weighted by Gasteiger charge is 2.34. The van der Waals surface area contributed by atoms with Crippen LogP contribution in [0.5, 0.6) is 0 Å². The molecule has 2 nitrogen and oxygen atoms in total. The van der Waals surface area contributed by atoms with Gasteiger partial charge in [-0.2, -0.15) is 0 Å². The second kappa shape index (κ2) is 11.2. The van der Waals surface area contributed by atoms with Crippen molar-refractivity contribution in [2.75, 3.05) is 0 Å². The predicted octanol–water partition coefficient (Wildman–Crippen LogP) is 11.3. The number of fused-ring (bicyclic) bond motifs is 10. The minimum absolute atomic E-state index is 0.820. The first kappa shape index (κ1) is 28.9. The first-order valence-corrected chi connectivity index (χ1v) is 18.7. The van der Waals surface area contributed by atoms with Crippen LogP contribution in [0.3, 0.4) is 0 Å². The van der Waals surface area contributed by atoms with Gasteiger partial charge >= 0.3 is 0 Å². The van der Waals surface area contributed by atoms with Gasteiger partial charge in [0.05, 0.1) is 11.2 Å². The Kier molecular flexibility index (Phi) is 6.49. The summed E-state index contributed by atoms with van der Waals surface area (Å²) in [6.07, 6.45) is 0. The van der Waals surface area contributed by atoms with Crippen LogP contribution in [-0.4, -0.2) is 4.98 Å². The second-order valence-corrected chi connectivity index (χ2v) is 15.6. The van der Waals surface area contributed by atoms with Gasteiger partial charge in [-0.25, -0.2) is 4.98 Å². The third-order valence-corrected chi connectivity index (χ3v) is 13.4. The lowest BCUT2D eigenvalue weighted by Crippen LogP contribution is -2.26. The lowest BCUT2D eigenvalue weighted by atomic mass is 9.87. The Morgan fingerprint density at radius 3 is 1.24 bits per heavy atom. The van der Waals surface area contributed by atoms with Crippen LogP contribution < -0.4 is 15.9 Å². The fraction of sp³-hybridized carbons (Fsp3) is 0. The molecular formula is C47H30NOP. The number of hydrogen-bond acceptors (Lipinski definition) is 2. The maximum absolute atomic E-state index is 16.2. The van der Waals surface area contributed by atoms with Crippen LogP contribution in [0, 0.1) is 0 Å². The van der Waals surface area contributed by atoms with Crippen LogP contribution in [0.1, 0.15) is 0 Å². The summed E-state index contributed by atoms with van der Waals surface area (Å²) < 4.78 is 16.2. The maximum atomic E-state index is 16.2. The average Bonchev–Trinajstić information content (AvgIpc) is 3.20. The van der Waals surface area contributed by atoms with Gasteiger partial charge in [0.15, 0.2) is 7.14 Å². The predicted molar refractivity (Wildman–Crippen MR) is 214 cm³/mol. The molecule has 0 radical (unpaired) electrons. The molecule has 0 aliphatic carbocycles. The third-order valence-electron chi connectivity index (χ3n) is 10.3. The van der Waals surface area contributed by atoms with Gasteiger partial charge in [-0.3, -0.25) is 0 Å². The van der Waals surface area contributed by atoms with Crippen LogP contribution in [0.4, 0.5) is 0 Å². The summed E-state index contributed by atoms with van der Waals surface area (Å²) in [6, 6.07) is 63.0. The van der Waals surface area contributed by atoms with Crippen molar-refractivity contribution in [2.24, 2.45) is 0 Å². The van der Waals surface area contributed by atoms with Crippen LogP contribution in [0.15, 0.2) is 182 Å². The second-order valence-electron chi connectivity index (χ2n) is 12.9. The number of nitrogens with zero attached hydrogens (tertiary/aromatic N) is 1. The number of benzene rings is 9. The van der Waals surface area contributed by atoms with Gasteiger partial charge in [0.2, 0.25) is 0 Å². The Labute approximate surface area is 289 Å². The average molecular weight is 656 g/mol. The Morgan fingerprint density at radius 2 is 0.720 bits per heavy atom. The first-order chi connectivity index (χ1) is 24.7. The zero-order valence-electron chi connectivity index (χ0n) is 27.1. The monoisotopic (exact) mass is 655 g/mol. The minimum Gasteiger partial charge on any atom is -0.309 e. The molecule has 1 aromatic heterocycles. The summed E-state index contributed by atoms with van der Waals surface area (Å²) in [5.74, 6) is 0. The topological polar surface area (TPSA) is 30.0 Å². The molecule has 50 heavy (non-hydrogen) atoms. The molecule has 234 valence electrons. The Hall–Kier alpha value is -6.08. The van der Waals surface area contributed by atoms with Crippen molar-refractivity contribution in [3.05, 3.63) is 182 Å². The van der Waals surface area contributed by atoms with Gasteiger partial charge in [0.25, 0.3) is 0 Å². The number of para-hydroxylation sites is 1. The van der Waals surface area contributed by atoms with Gasteiger partial charge in [-0.1, -0.05) is 176 Å². The molecule has 0 aliphatic rings. The van der Waals surface area contributed by atoms with E-state index in [9.17, 15) is 0 Å². The molecule has 0 aliphatic heterocycles. The smallest absolute Gasteiger partial charge is 0.172 e. The molecule has 0 atom stereocenters. The van der Waals surface area contributed by atoms with Crippen molar-refractivity contribution in [1.82, 2.24) is 4.98 Å². The van der Waals surface area contributed by atoms with Crippen molar-refractivity contribution in [3.63, 3.8) is 0 Å². The molecule has 0 fully saturated rings. The molecule has 10 aromatic rings. The van der Waals surface area contributed by atoms with E-state index in [-0.39, 0.29) is 0 Å². The summed E-state index contributed by atoms with van der Waals surface area (Å²) in [5, 5.41) is 14.8.